The summed E-state index contributed by atoms with van der Waals surface area (Å²) in [6.45, 7) is 4.01. The number of hydrogen-bond acceptors (Lipinski definition) is 4. The second-order valence-electron chi connectivity index (χ2n) is 4.80. The monoisotopic (exact) mass is 281 g/mol. The Morgan fingerprint density at radius 1 is 0.950 bits per heavy atom. The molecule has 2 N–H and O–H groups in total. The Hall–Kier alpha value is -2.20. The molecule has 20 heavy (non-hydrogen) atoms. The van der Waals surface area contributed by atoms with E-state index in [4.69, 9.17) is 10.7 Å². The molecule has 0 aliphatic carbocycles. The van der Waals surface area contributed by atoms with Crippen molar-refractivity contribution < 1.29 is 0 Å². The first kappa shape index (κ1) is 12.8. The summed E-state index contributed by atoms with van der Waals surface area (Å²) in [4.78, 5) is 9.11. The molecule has 0 aliphatic rings. The van der Waals surface area contributed by atoms with Gasteiger partial charge < -0.3 is 5.73 Å². The van der Waals surface area contributed by atoms with E-state index in [1.54, 1.807) is 11.3 Å². The van der Waals surface area contributed by atoms with E-state index >= 15 is 0 Å². The molecule has 0 amide bonds. The molecule has 0 spiro atoms. The molecule has 100 valence electrons. The maximum absolute atomic E-state index is 5.82. The van der Waals surface area contributed by atoms with Gasteiger partial charge in [-0.2, -0.15) is 0 Å². The molecule has 0 saturated heterocycles. The molecule has 0 bridgehead atoms. The normalized spacial score (nSPS) is 10.7. The molecule has 0 fully saturated rings. The van der Waals surface area contributed by atoms with Gasteiger partial charge >= 0.3 is 0 Å². The topological polar surface area (TPSA) is 51.8 Å². The summed E-state index contributed by atoms with van der Waals surface area (Å²) in [5.41, 5.74) is 11.7. The number of thiazole rings is 1. The van der Waals surface area contributed by atoms with E-state index in [0.717, 1.165) is 38.9 Å². The third kappa shape index (κ3) is 2.56. The summed E-state index contributed by atoms with van der Waals surface area (Å²) in [7, 11) is 0. The Morgan fingerprint density at radius 3 is 2.40 bits per heavy atom. The highest BCUT2D eigenvalue weighted by Crippen LogP contribution is 2.30. The first-order valence-corrected chi connectivity index (χ1v) is 7.27. The molecular weight excluding hydrogens is 266 g/mol. The maximum Gasteiger partial charge on any atom is 0.124 e. The van der Waals surface area contributed by atoms with Crippen LogP contribution in [0.5, 0.6) is 0 Å². The Morgan fingerprint density at radius 2 is 1.70 bits per heavy atom. The summed E-state index contributed by atoms with van der Waals surface area (Å²) >= 11 is 1.64. The van der Waals surface area contributed by atoms with Crippen LogP contribution in [0.2, 0.25) is 0 Å². The number of pyridine rings is 1. The van der Waals surface area contributed by atoms with Crippen LogP contribution < -0.4 is 5.73 Å². The van der Waals surface area contributed by atoms with Gasteiger partial charge in [0.1, 0.15) is 5.01 Å². The number of rotatable bonds is 2. The highest BCUT2D eigenvalue weighted by Gasteiger charge is 2.08. The van der Waals surface area contributed by atoms with Crippen LogP contribution in [-0.2, 0) is 0 Å². The average Bonchev–Trinajstić information content (AvgIpc) is 2.87. The second kappa shape index (κ2) is 5.06. The zero-order chi connectivity index (χ0) is 14.1. The van der Waals surface area contributed by atoms with Gasteiger partial charge in [-0.1, -0.05) is 12.1 Å². The van der Waals surface area contributed by atoms with E-state index in [1.165, 1.54) is 0 Å². The highest BCUT2D eigenvalue weighted by atomic mass is 32.1. The van der Waals surface area contributed by atoms with Crippen LogP contribution in [0.25, 0.3) is 21.8 Å². The van der Waals surface area contributed by atoms with E-state index in [-0.39, 0.29) is 0 Å². The molecule has 3 nitrogen and oxygen atoms in total. The van der Waals surface area contributed by atoms with Crippen molar-refractivity contribution >= 4 is 17.0 Å². The standard InChI is InChI=1S/C16H15N3S/c1-10-6-13(7-11(2)18-10)16-19-15(9-20-16)12-4-3-5-14(17)8-12/h3-9H,17H2,1-2H3. The largest absolute Gasteiger partial charge is 0.399 e. The predicted octanol–water partition coefficient (Wildman–Crippen LogP) is 4.07. The Labute approximate surface area is 122 Å². The van der Waals surface area contributed by atoms with Crippen molar-refractivity contribution in [3.8, 4) is 21.8 Å². The maximum atomic E-state index is 5.82. The number of benzene rings is 1. The molecular formula is C16H15N3S. The van der Waals surface area contributed by atoms with E-state index < -0.39 is 0 Å². The summed E-state index contributed by atoms with van der Waals surface area (Å²) in [6.07, 6.45) is 0. The van der Waals surface area contributed by atoms with E-state index in [1.807, 2.05) is 38.1 Å². The molecule has 3 aromatic rings. The van der Waals surface area contributed by atoms with Crippen LogP contribution in [0.4, 0.5) is 5.69 Å². The van der Waals surface area contributed by atoms with E-state index in [2.05, 4.69) is 22.5 Å². The van der Waals surface area contributed by atoms with Crippen LogP contribution in [-0.4, -0.2) is 9.97 Å². The van der Waals surface area contributed by atoms with Gasteiger partial charge in [-0.05, 0) is 38.1 Å². The minimum atomic E-state index is 0.757. The second-order valence-corrected chi connectivity index (χ2v) is 5.66. The van der Waals surface area contributed by atoms with Gasteiger partial charge in [0, 0.05) is 33.6 Å². The number of nitrogens with zero attached hydrogens (tertiary/aromatic N) is 2. The molecule has 2 heterocycles. The summed E-state index contributed by atoms with van der Waals surface area (Å²) in [5, 5.41) is 3.07. The SMILES string of the molecule is Cc1cc(-c2nc(-c3cccc(N)c3)cs2)cc(C)n1. The molecule has 0 aliphatic heterocycles. The first-order valence-electron chi connectivity index (χ1n) is 6.39. The average molecular weight is 281 g/mol. The van der Waals surface area contributed by atoms with Crippen molar-refractivity contribution in [2.75, 3.05) is 5.73 Å². The van der Waals surface area contributed by atoms with Gasteiger partial charge in [0.25, 0.3) is 0 Å². The summed E-state index contributed by atoms with van der Waals surface area (Å²) in [6, 6.07) is 11.9. The fourth-order valence-electron chi connectivity index (χ4n) is 2.19. The van der Waals surface area contributed by atoms with Gasteiger partial charge in [0.05, 0.1) is 5.69 Å². The predicted molar refractivity (Wildman–Crippen MR) is 84.7 cm³/mol. The third-order valence-corrected chi connectivity index (χ3v) is 3.91. The summed E-state index contributed by atoms with van der Waals surface area (Å²) in [5.74, 6) is 0. The van der Waals surface area contributed by atoms with E-state index in [9.17, 15) is 0 Å². The van der Waals surface area contributed by atoms with Gasteiger partial charge in [0.15, 0.2) is 0 Å². The Bertz CT molecular complexity index is 742. The molecule has 0 saturated carbocycles. The fraction of sp³-hybridized carbons (Fsp3) is 0.125. The lowest BCUT2D eigenvalue weighted by Crippen LogP contribution is -1.88. The lowest BCUT2D eigenvalue weighted by Gasteiger charge is -2.01. The van der Waals surface area contributed by atoms with Crippen LogP contribution >= 0.6 is 11.3 Å². The number of aryl methyl sites for hydroxylation is 2. The zero-order valence-electron chi connectivity index (χ0n) is 11.4. The van der Waals surface area contributed by atoms with Gasteiger partial charge in [-0.15, -0.1) is 11.3 Å². The van der Waals surface area contributed by atoms with Crippen molar-refractivity contribution in [3.63, 3.8) is 0 Å². The third-order valence-electron chi connectivity index (χ3n) is 3.02. The number of hydrogen-bond donors (Lipinski definition) is 1. The molecule has 2 aromatic heterocycles. The van der Waals surface area contributed by atoms with Crippen molar-refractivity contribution in [3.05, 3.63) is 53.2 Å². The molecule has 0 unspecified atom stereocenters. The lowest BCUT2D eigenvalue weighted by molar-refractivity contribution is 1.12. The van der Waals surface area contributed by atoms with Crippen molar-refractivity contribution in [1.29, 1.82) is 0 Å². The first-order chi connectivity index (χ1) is 9.61. The minimum absolute atomic E-state index is 0.757. The summed E-state index contributed by atoms with van der Waals surface area (Å²) < 4.78 is 0. The van der Waals surface area contributed by atoms with Gasteiger partial charge in [0.2, 0.25) is 0 Å². The molecule has 0 atom stereocenters. The Kier molecular flexibility index (Phi) is 3.24. The lowest BCUT2D eigenvalue weighted by atomic mass is 10.1. The van der Waals surface area contributed by atoms with Crippen molar-refractivity contribution in [2.24, 2.45) is 0 Å². The number of nitrogens with two attached hydrogens (primary N) is 1. The van der Waals surface area contributed by atoms with Gasteiger partial charge in [-0.3, -0.25) is 4.98 Å². The Balaban J connectivity index is 2.02. The molecule has 0 radical (unpaired) electrons. The van der Waals surface area contributed by atoms with Crippen LogP contribution in [0.15, 0.2) is 41.8 Å². The van der Waals surface area contributed by atoms with E-state index in [0.29, 0.717) is 0 Å². The minimum Gasteiger partial charge on any atom is -0.399 e. The zero-order valence-corrected chi connectivity index (χ0v) is 12.2. The molecule has 3 rings (SSSR count). The van der Waals surface area contributed by atoms with Crippen molar-refractivity contribution in [2.45, 2.75) is 13.8 Å². The van der Waals surface area contributed by atoms with Crippen LogP contribution in [0.1, 0.15) is 11.4 Å². The number of aromatic nitrogens is 2. The smallest absolute Gasteiger partial charge is 0.124 e. The number of anilines is 1. The quantitative estimate of drug-likeness (QED) is 0.720. The number of nitrogen functional groups attached to an aromatic ring is 1. The van der Waals surface area contributed by atoms with Crippen molar-refractivity contribution in [1.82, 2.24) is 9.97 Å². The molecule has 4 heteroatoms. The van der Waals surface area contributed by atoms with Crippen LogP contribution in [0.3, 0.4) is 0 Å². The fourth-order valence-corrected chi connectivity index (χ4v) is 3.01. The van der Waals surface area contributed by atoms with Gasteiger partial charge in [-0.25, -0.2) is 4.98 Å². The van der Waals surface area contributed by atoms with Crippen LogP contribution in [0, 0.1) is 13.8 Å². The highest BCUT2D eigenvalue weighted by molar-refractivity contribution is 7.13. The molecule has 1 aromatic carbocycles.